The number of halogens is 2. The van der Waals surface area contributed by atoms with Crippen molar-refractivity contribution in [3.05, 3.63) is 93.0 Å². The molecule has 7 heteroatoms. The van der Waals surface area contributed by atoms with Crippen LogP contribution in [0, 0.1) is 13.8 Å². The first-order valence-corrected chi connectivity index (χ1v) is 10.9. The van der Waals surface area contributed by atoms with Crippen LogP contribution in [-0.2, 0) is 9.59 Å². The number of amides is 2. The molecule has 1 heterocycles. The minimum absolute atomic E-state index is 0.107. The van der Waals surface area contributed by atoms with Gasteiger partial charge in [-0.3, -0.25) is 14.6 Å². The lowest BCUT2D eigenvalue weighted by Crippen LogP contribution is -2.39. The maximum atomic E-state index is 13.0. The number of hydrogen-bond acceptors (Lipinski definition) is 3. The normalized spacial score (nSPS) is 13.3. The first kappa shape index (κ1) is 22.1. The molecule has 2 amide bonds. The lowest BCUT2D eigenvalue weighted by Gasteiger charge is -2.23. The maximum absolute atomic E-state index is 13.0. The van der Waals surface area contributed by atoms with Gasteiger partial charge in [-0.2, -0.15) is 0 Å². The number of nitrogens with one attached hydrogen (secondary N) is 1. The standard InChI is InChI=1S/C25H21Cl2N3O2/c1-15-7-9-21(16(2)11-15)29-23(31)14-30-22-10-8-17(26)12-19(22)25(28-13-24(30)32)18-5-3-4-6-20(18)27/h3-12H,13-14H2,1-2H3,(H,29,31). The second-order valence-corrected chi connectivity index (χ2v) is 8.50. The maximum Gasteiger partial charge on any atom is 0.249 e. The predicted molar refractivity (Wildman–Crippen MR) is 130 cm³/mol. The highest BCUT2D eigenvalue weighted by Gasteiger charge is 2.28. The Morgan fingerprint density at radius 2 is 1.81 bits per heavy atom. The van der Waals surface area contributed by atoms with Gasteiger partial charge in [0.2, 0.25) is 11.8 Å². The third kappa shape index (κ3) is 4.54. The van der Waals surface area contributed by atoms with E-state index in [-0.39, 0.29) is 24.9 Å². The van der Waals surface area contributed by atoms with E-state index >= 15 is 0 Å². The third-order valence-corrected chi connectivity index (χ3v) is 5.83. The smallest absolute Gasteiger partial charge is 0.249 e. The fourth-order valence-electron chi connectivity index (χ4n) is 3.73. The number of hydrogen-bond donors (Lipinski definition) is 1. The molecule has 4 rings (SSSR count). The zero-order valence-electron chi connectivity index (χ0n) is 17.7. The van der Waals surface area contributed by atoms with E-state index in [0.29, 0.717) is 38.3 Å². The highest BCUT2D eigenvalue weighted by atomic mass is 35.5. The van der Waals surface area contributed by atoms with Crippen LogP contribution in [-0.4, -0.2) is 30.6 Å². The molecular weight excluding hydrogens is 445 g/mol. The fourth-order valence-corrected chi connectivity index (χ4v) is 4.13. The predicted octanol–water partition coefficient (Wildman–Crippen LogP) is 5.43. The highest BCUT2D eigenvalue weighted by Crippen LogP contribution is 2.31. The summed E-state index contributed by atoms with van der Waals surface area (Å²) in [5, 5.41) is 3.92. The second kappa shape index (κ2) is 9.15. The molecule has 0 bridgehead atoms. The van der Waals surface area contributed by atoms with E-state index in [1.54, 1.807) is 24.3 Å². The fraction of sp³-hybridized carbons (Fsp3) is 0.160. The molecule has 3 aromatic carbocycles. The molecule has 162 valence electrons. The Morgan fingerprint density at radius 1 is 1.03 bits per heavy atom. The third-order valence-electron chi connectivity index (χ3n) is 5.26. The molecule has 1 N–H and O–H groups in total. The lowest BCUT2D eigenvalue weighted by atomic mass is 10.00. The number of anilines is 2. The van der Waals surface area contributed by atoms with E-state index in [0.717, 1.165) is 11.1 Å². The van der Waals surface area contributed by atoms with Gasteiger partial charge in [-0.25, -0.2) is 0 Å². The van der Waals surface area contributed by atoms with Crippen molar-refractivity contribution < 1.29 is 9.59 Å². The molecule has 0 aromatic heterocycles. The molecule has 0 saturated carbocycles. The zero-order valence-corrected chi connectivity index (χ0v) is 19.2. The summed E-state index contributed by atoms with van der Waals surface area (Å²) in [7, 11) is 0. The van der Waals surface area contributed by atoms with Gasteiger partial charge in [-0.15, -0.1) is 0 Å². The quantitative estimate of drug-likeness (QED) is 0.557. The molecule has 0 fully saturated rings. The average molecular weight is 466 g/mol. The van der Waals surface area contributed by atoms with Crippen LogP contribution in [0.25, 0.3) is 0 Å². The second-order valence-electron chi connectivity index (χ2n) is 7.65. The summed E-state index contributed by atoms with van der Waals surface area (Å²) in [5.41, 5.74) is 5.26. The highest BCUT2D eigenvalue weighted by molar-refractivity contribution is 6.37. The van der Waals surface area contributed by atoms with Crippen molar-refractivity contribution in [2.45, 2.75) is 13.8 Å². The lowest BCUT2D eigenvalue weighted by molar-refractivity contribution is -0.120. The number of benzene rings is 3. The summed E-state index contributed by atoms with van der Waals surface area (Å²) in [5.74, 6) is -0.584. The first-order chi connectivity index (χ1) is 15.3. The van der Waals surface area contributed by atoms with Crippen molar-refractivity contribution in [1.82, 2.24) is 0 Å². The van der Waals surface area contributed by atoms with Gasteiger partial charge in [-0.05, 0) is 49.7 Å². The number of nitrogens with zero attached hydrogens (tertiary/aromatic N) is 2. The number of carbonyl (C=O) groups is 2. The summed E-state index contributed by atoms with van der Waals surface area (Å²) >= 11 is 12.7. The molecule has 0 aliphatic carbocycles. The van der Waals surface area contributed by atoms with Crippen molar-refractivity contribution in [3.63, 3.8) is 0 Å². The Labute approximate surface area is 196 Å². The van der Waals surface area contributed by atoms with Crippen LogP contribution in [0.15, 0.2) is 65.7 Å². The van der Waals surface area contributed by atoms with E-state index in [4.69, 9.17) is 23.2 Å². The molecule has 32 heavy (non-hydrogen) atoms. The monoisotopic (exact) mass is 465 g/mol. The molecule has 0 radical (unpaired) electrons. The Kier molecular flexibility index (Phi) is 6.31. The summed E-state index contributed by atoms with van der Waals surface area (Å²) in [4.78, 5) is 31.8. The van der Waals surface area contributed by atoms with Gasteiger partial charge in [0.05, 0.1) is 11.4 Å². The number of carbonyl (C=O) groups excluding carboxylic acids is 2. The van der Waals surface area contributed by atoms with E-state index < -0.39 is 0 Å². The van der Waals surface area contributed by atoms with E-state index in [9.17, 15) is 9.59 Å². The van der Waals surface area contributed by atoms with Crippen molar-refractivity contribution >= 4 is 52.1 Å². The Hall–Kier alpha value is -3.15. The van der Waals surface area contributed by atoms with E-state index in [2.05, 4.69) is 10.3 Å². The van der Waals surface area contributed by atoms with Gasteiger partial charge >= 0.3 is 0 Å². The Morgan fingerprint density at radius 3 is 2.56 bits per heavy atom. The summed E-state index contributed by atoms with van der Waals surface area (Å²) in [6.45, 7) is 3.67. The van der Waals surface area contributed by atoms with Gasteiger partial charge in [-0.1, -0.05) is 59.1 Å². The molecule has 1 aliphatic heterocycles. The number of fused-ring (bicyclic) bond motifs is 1. The zero-order chi connectivity index (χ0) is 22.8. The van der Waals surface area contributed by atoms with Gasteiger partial charge in [0.25, 0.3) is 0 Å². The number of aliphatic imine (C=N–C) groups is 1. The Bertz CT molecular complexity index is 1250. The van der Waals surface area contributed by atoms with Crippen LogP contribution >= 0.6 is 23.2 Å². The molecule has 0 unspecified atom stereocenters. The number of aryl methyl sites for hydroxylation is 2. The van der Waals surface area contributed by atoms with Crippen molar-refractivity contribution in [3.8, 4) is 0 Å². The molecule has 1 aliphatic rings. The van der Waals surface area contributed by atoms with Crippen LogP contribution in [0.4, 0.5) is 11.4 Å². The van der Waals surface area contributed by atoms with Gasteiger partial charge in [0, 0.05) is 26.9 Å². The number of rotatable bonds is 4. The minimum atomic E-state index is -0.299. The van der Waals surface area contributed by atoms with Crippen LogP contribution < -0.4 is 10.2 Å². The topological polar surface area (TPSA) is 61.8 Å². The van der Waals surface area contributed by atoms with E-state index in [1.807, 2.05) is 50.2 Å². The molecule has 0 spiro atoms. The van der Waals surface area contributed by atoms with Gasteiger partial charge in [0.15, 0.2) is 0 Å². The summed E-state index contributed by atoms with van der Waals surface area (Å²) < 4.78 is 0. The van der Waals surface area contributed by atoms with Crippen molar-refractivity contribution in [2.75, 3.05) is 23.3 Å². The summed E-state index contributed by atoms with van der Waals surface area (Å²) in [6, 6.07) is 18.3. The molecular formula is C25H21Cl2N3O2. The van der Waals surface area contributed by atoms with Gasteiger partial charge < -0.3 is 10.2 Å². The minimum Gasteiger partial charge on any atom is -0.324 e. The largest absolute Gasteiger partial charge is 0.324 e. The Balaban J connectivity index is 1.69. The SMILES string of the molecule is Cc1ccc(NC(=O)CN2C(=O)CN=C(c3ccccc3Cl)c3cc(Cl)ccc32)c(C)c1. The van der Waals surface area contributed by atoms with Crippen LogP contribution in [0.1, 0.15) is 22.3 Å². The molecule has 0 saturated heterocycles. The van der Waals surface area contributed by atoms with E-state index in [1.165, 1.54) is 4.90 Å². The average Bonchev–Trinajstić information content (AvgIpc) is 2.87. The van der Waals surface area contributed by atoms with Crippen LogP contribution in [0.5, 0.6) is 0 Å². The van der Waals surface area contributed by atoms with Crippen molar-refractivity contribution in [1.29, 1.82) is 0 Å². The van der Waals surface area contributed by atoms with Crippen LogP contribution in [0.2, 0.25) is 10.0 Å². The molecule has 5 nitrogen and oxygen atoms in total. The van der Waals surface area contributed by atoms with Crippen LogP contribution in [0.3, 0.4) is 0 Å². The van der Waals surface area contributed by atoms with Crippen molar-refractivity contribution in [2.24, 2.45) is 4.99 Å². The molecule has 3 aromatic rings. The molecule has 0 atom stereocenters. The summed E-state index contributed by atoms with van der Waals surface area (Å²) in [6.07, 6.45) is 0. The number of benzodiazepines with no additional fused rings is 1. The van der Waals surface area contributed by atoms with Gasteiger partial charge in [0.1, 0.15) is 13.1 Å². The first-order valence-electron chi connectivity index (χ1n) is 10.1.